The summed E-state index contributed by atoms with van der Waals surface area (Å²) in [5.41, 5.74) is 0.526. The van der Waals surface area contributed by atoms with Crippen molar-refractivity contribution >= 4 is 11.6 Å². The monoisotopic (exact) mass is 277 g/mol. The predicted octanol–water partition coefficient (Wildman–Crippen LogP) is 1.78. The van der Waals surface area contributed by atoms with Crippen LogP contribution in [0.4, 0.5) is 5.69 Å². The van der Waals surface area contributed by atoms with E-state index in [1.807, 2.05) is 0 Å². The highest BCUT2D eigenvalue weighted by atomic mass is 16.6. The van der Waals surface area contributed by atoms with Crippen LogP contribution < -0.4 is 10.6 Å². The summed E-state index contributed by atoms with van der Waals surface area (Å²) in [6, 6.07) is 5.24. The van der Waals surface area contributed by atoms with Gasteiger partial charge in [-0.25, -0.2) is 0 Å². The number of benzene rings is 1. The smallest absolute Gasteiger partial charge is 0.285 e. The van der Waals surface area contributed by atoms with Gasteiger partial charge in [0.15, 0.2) is 0 Å². The molecule has 0 bridgehead atoms. The number of aryl methyl sites for hydroxylation is 1. The molecule has 1 aromatic carbocycles. The molecule has 1 atom stereocenters. The first-order valence-corrected chi connectivity index (χ1v) is 6.85. The van der Waals surface area contributed by atoms with Crippen LogP contribution in [0.5, 0.6) is 0 Å². The maximum atomic E-state index is 12.1. The van der Waals surface area contributed by atoms with Crippen LogP contribution in [0.1, 0.15) is 35.2 Å². The van der Waals surface area contributed by atoms with Gasteiger partial charge in [0, 0.05) is 18.2 Å². The van der Waals surface area contributed by atoms with Gasteiger partial charge in [0.1, 0.15) is 5.56 Å². The molecule has 20 heavy (non-hydrogen) atoms. The fraction of sp³-hybridized carbons (Fsp3) is 0.500. The maximum Gasteiger partial charge on any atom is 0.285 e. The Kier molecular flexibility index (Phi) is 4.68. The molecule has 0 radical (unpaired) electrons. The number of hydrogen-bond acceptors (Lipinski definition) is 4. The van der Waals surface area contributed by atoms with Crippen LogP contribution in [0.15, 0.2) is 18.2 Å². The minimum Gasteiger partial charge on any atom is -0.352 e. The van der Waals surface area contributed by atoms with E-state index in [1.54, 1.807) is 19.1 Å². The van der Waals surface area contributed by atoms with E-state index in [-0.39, 0.29) is 17.2 Å². The molecule has 1 aliphatic rings. The molecule has 1 aromatic rings. The number of carbonyl (C=O) groups excluding carboxylic acids is 1. The van der Waals surface area contributed by atoms with Crippen molar-refractivity contribution in [2.75, 3.05) is 13.1 Å². The van der Waals surface area contributed by atoms with Crippen LogP contribution >= 0.6 is 0 Å². The van der Waals surface area contributed by atoms with Gasteiger partial charge >= 0.3 is 0 Å². The Labute approximate surface area is 117 Å². The van der Waals surface area contributed by atoms with Crippen molar-refractivity contribution in [2.24, 2.45) is 0 Å². The standard InChI is InChI=1S/C14H19N3O3/c1-10-4-2-6-12(13(10)17(19)20)14(18)16-9-7-11-5-3-8-15-11/h2,4,6,11,15H,3,5,7-9H2,1H3,(H,16,18). The molecule has 1 aliphatic heterocycles. The van der Waals surface area contributed by atoms with Gasteiger partial charge < -0.3 is 10.6 Å². The predicted molar refractivity (Wildman–Crippen MR) is 75.8 cm³/mol. The summed E-state index contributed by atoms with van der Waals surface area (Å²) in [5.74, 6) is -0.376. The Morgan fingerprint density at radius 1 is 1.55 bits per heavy atom. The fourth-order valence-electron chi connectivity index (χ4n) is 2.54. The third-order valence-electron chi connectivity index (χ3n) is 3.61. The molecule has 0 spiro atoms. The van der Waals surface area contributed by atoms with Crippen LogP contribution in [0.25, 0.3) is 0 Å². The molecule has 1 amide bonds. The van der Waals surface area contributed by atoms with Crippen LogP contribution in [-0.2, 0) is 0 Å². The number of hydrogen-bond donors (Lipinski definition) is 2. The molecule has 1 saturated heterocycles. The molecule has 2 rings (SSSR count). The number of nitrogens with zero attached hydrogens (tertiary/aromatic N) is 1. The lowest BCUT2D eigenvalue weighted by molar-refractivity contribution is -0.385. The highest BCUT2D eigenvalue weighted by Gasteiger charge is 2.22. The van der Waals surface area contributed by atoms with Crippen LogP contribution in [0.3, 0.4) is 0 Å². The van der Waals surface area contributed by atoms with Gasteiger partial charge in [-0.15, -0.1) is 0 Å². The minimum atomic E-state index is -0.497. The Bertz CT molecular complexity index is 510. The summed E-state index contributed by atoms with van der Waals surface area (Å²) in [7, 11) is 0. The average molecular weight is 277 g/mol. The molecule has 6 heteroatoms. The lowest BCUT2D eigenvalue weighted by atomic mass is 10.1. The second-order valence-electron chi connectivity index (χ2n) is 5.07. The van der Waals surface area contributed by atoms with Gasteiger partial charge in [-0.1, -0.05) is 12.1 Å². The molecule has 1 fully saturated rings. The molecule has 1 heterocycles. The Hall–Kier alpha value is -1.95. The van der Waals surface area contributed by atoms with Gasteiger partial charge in [-0.2, -0.15) is 0 Å². The number of nitro groups is 1. The van der Waals surface area contributed by atoms with E-state index in [9.17, 15) is 14.9 Å². The zero-order valence-corrected chi connectivity index (χ0v) is 11.5. The highest BCUT2D eigenvalue weighted by molar-refractivity contribution is 5.98. The van der Waals surface area contributed by atoms with Gasteiger partial charge in [-0.3, -0.25) is 14.9 Å². The van der Waals surface area contributed by atoms with Crippen molar-refractivity contribution in [1.29, 1.82) is 0 Å². The van der Waals surface area contributed by atoms with E-state index < -0.39 is 4.92 Å². The molecule has 0 aliphatic carbocycles. The second kappa shape index (κ2) is 6.47. The van der Waals surface area contributed by atoms with Crippen molar-refractivity contribution in [3.63, 3.8) is 0 Å². The van der Waals surface area contributed by atoms with E-state index >= 15 is 0 Å². The van der Waals surface area contributed by atoms with Gasteiger partial charge in [0.25, 0.3) is 11.6 Å². The molecule has 1 unspecified atom stereocenters. The number of amides is 1. The van der Waals surface area contributed by atoms with Crippen molar-refractivity contribution in [3.05, 3.63) is 39.4 Å². The van der Waals surface area contributed by atoms with E-state index in [2.05, 4.69) is 10.6 Å². The first-order valence-electron chi connectivity index (χ1n) is 6.85. The summed E-state index contributed by atoms with van der Waals surface area (Å²) < 4.78 is 0. The number of rotatable bonds is 5. The molecule has 0 aromatic heterocycles. The Morgan fingerprint density at radius 2 is 2.35 bits per heavy atom. The summed E-state index contributed by atoms with van der Waals surface area (Å²) >= 11 is 0. The normalized spacial score (nSPS) is 17.9. The lowest BCUT2D eigenvalue weighted by Crippen LogP contribution is -2.31. The van der Waals surface area contributed by atoms with Crippen LogP contribution in [0.2, 0.25) is 0 Å². The quantitative estimate of drug-likeness (QED) is 0.634. The SMILES string of the molecule is Cc1cccc(C(=O)NCCC2CCCN2)c1[N+](=O)[O-]. The van der Waals surface area contributed by atoms with Gasteiger partial charge in [0.05, 0.1) is 4.92 Å². The highest BCUT2D eigenvalue weighted by Crippen LogP contribution is 2.22. The van der Waals surface area contributed by atoms with Crippen molar-refractivity contribution in [2.45, 2.75) is 32.2 Å². The summed E-state index contributed by atoms with van der Waals surface area (Å²) in [4.78, 5) is 22.6. The maximum absolute atomic E-state index is 12.1. The van der Waals surface area contributed by atoms with E-state index in [0.717, 1.165) is 19.4 Å². The topological polar surface area (TPSA) is 84.3 Å². The molecule has 2 N–H and O–H groups in total. The first-order chi connectivity index (χ1) is 9.59. The summed E-state index contributed by atoms with van der Waals surface area (Å²) in [6.07, 6.45) is 3.15. The molecular formula is C14H19N3O3. The van der Waals surface area contributed by atoms with E-state index in [4.69, 9.17) is 0 Å². The molecule has 108 valence electrons. The van der Waals surface area contributed by atoms with E-state index in [0.29, 0.717) is 18.2 Å². The van der Waals surface area contributed by atoms with Crippen molar-refractivity contribution in [1.82, 2.24) is 10.6 Å². The van der Waals surface area contributed by atoms with Gasteiger partial charge in [-0.05, 0) is 38.8 Å². The van der Waals surface area contributed by atoms with Crippen LogP contribution in [-0.4, -0.2) is 30.0 Å². The average Bonchev–Trinajstić information content (AvgIpc) is 2.91. The third kappa shape index (κ3) is 3.33. The fourth-order valence-corrected chi connectivity index (χ4v) is 2.54. The Balaban J connectivity index is 1.98. The number of para-hydroxylation sites is 1. The molecule has 0 saturated carbocycles. The molecular weight excluding hydrogens is 258 g/mol. The Morgan fingerprint density at radius 3 is 3.00 bits per heavy atom. The lowest BCUT2D eigenvalue weighted by Gasteiger charge is -2.11. The van der Waals surface area contributed by atoms with E-state index in [1.165, 1.54) is 12.5 Å². The first kappa shape index (κ1) is 14.5. The third-order valence-corrected chi connectivity index (χ3v) is 3.61. The largest absolute Gasteiger partial charge is 0.352 e. The zero-order valence-electron chi connectivity index (χ0n) is 11.5. The number of nitro benzene ring substituents is 1. The minimum absolute atomic E-state index is 0.107. The summed E-state index contributed by atoms with van der Waals surface area (Å²) in [5, 5.41) is 17.2. The second-order valence-corrected chi connectivity index (χ2v) is 5.07. The molecule has 6 nitrogen and oxygen atoms in total. The zero-order chi connectivity index (χ0) is 14.5. The van der Waals surface area contributed by atoms with Crippen molar-refractivity contribution in [3.8, 4) is 0 Å². The summed E-state index contributed by atoms with van der Waals surface area (Å²) in [6.45, 7) is 3.20. The number of nitrogens with one attached hydrogen (secondary N) is 2. The van der Waals surface area contributed by atoms with Crippen LogP contribution in [0, 0.1) is 17.0 Å². The van der Waals surface area contributed by atoms with Gasteiger partial charge in [0.2, 0.25) is 0 Å². The van der Waals surface area contributed by atoms with Crippen molar-refractivity contribution < 1.29 is 9.72 Å². The number of carbonyl (C=O) groups is 1.